The van der Waals surface area contributed by atoms with Gasteiger partial charge in [-0.3, -0.25) is 4.90 Å². The predicted molar refractivity (Wildman–Crippen MR) is 96.7 cm³/mol. The normalized spacial score (nSPS) is 17.5. The van der Waals surface area contributed by atoms with E-state index >= 15 is 0 Å². The molecule has 2 aromatic heterocycles. The molecule has 0 bridgehead atoms. The van der Waals surface area contributed by atoms with Gasteiger partial charge in [0.15, 0.2) is 0 Å². The molecule has 0 unspecified atom stereocenters. The number of nitrogens with one attached hydrogen (secondary N) is 1. The molecule has 1 aromatic carbocycles. The van der Waals surface area contributed by atoms with E-state index in [9.17, 15) is 8.42 Å². The highest BCUT2D eigenvalue weighted by atomic mass is 32.2. The van der Waals surface area contributed by atoms with Gasteiger partial charge in [0.1, 0.15) is 4.21 Å². The van der Waals surface area contributed by atoms with Crippen molar-refractivity contribution in [1.82, 2.24) is 14.2 Å². The first-order chi connectivity index (χ1) is 11.6. The van der Waals surface area contributed by atoms with Crippen LogP contribution < -0.4 is 0 Å². The van der Waals surface area contributed by atoms with E-state index in [1.54, 1.807) is 21.8 Å². The van der Waals surface area contributed by atoms with Gasteiger partial charge in [-0.1, -0.05) is 24.3 Å². The molecule has 4 rings (SSSR count). The van der Waals surface area contributed by atoms with Gasteiger partial charge in [-0.05, 0) is 23.1 Å². The van der Waals surface area contributed by atoms with Crippen LogP contribution in [0.5, 0.6) is 0 Å². The minimum Gasteiger partial charge on any atom is -0.361 e. The molecular formula is C17H19N3O2S2. The predicted octanol–water partition coefficient (Wildman–Crippen LogP) is 2.74. The molecule has 0 aliphatic carbocycles. The van der Waals surface area contributed by atoms with Crippen molar-refractivity contribution in [3.63, 3.8) is 0 Å². The number of hydrogen-bond donors (Lipinski definition) is 1. The second kappa shape index (κ2) is 6.33. The number of piperazine rings is 1. The van der Waals surface area contributed by atoms with Gasteiger partial charge in [-0.2, -0.15) is 4.31 Å². The van der Waals surface area contributed by atoms with Crippen molar-refractivity contribution >= 4 is 32.3 Å². The van der Waals surface area contributed by atoms with Crippen LogP contribution in [0.15, 0.2) is 52.2 Å². The van der Waals surface area contributed by atoms with Gasteiger partial charge in [0.05, 0.1) is 0 Å². The topological polar surface area (TPSA) is 56.4 Å². The number of aromatic nitrogens is 1. The third kappa shape index (κ3) is 2.88. The summed E-state index contributed by atoms with van der Waals surface area (Å²) in [7, 11) is -3.32. The van der Waals surface area contributed by atoms with E-state index in [1.165, 1.54) is 22.3 Å². The fraction of sp³-hybridized carbons (Fsp3) is 0.294. The first-order valence-electron chi connectivity index (χ1n) is 7.95. The third-order valence-corrected chi connectivity index (χ3v) is 7.76. The Morgan fingerprint density at radius 1 is 1.04 bits per heavy atom. The van der Waals surface area contributed by atoms with Crippen molar-refractivity contribution in [2.75, 3.05) is 26.2 Å². The van der Waals surface area contributed by atoms with Gasteiger partial charge in [0.25, 0.3) is 10.0 Å². The maximum Gasteiger partial charge on any atom is 0.252 e. The van der Waals surface area contributed by atoms with Crippen molar-refractivity contribution in [1.29, 1.82) is 0 Å². The molecule has 1 fully saturated rings. The zero-order valence-corrected chi connectivity index (χ0v) is 14.8. The van der Waals surface area contributed by atoms with Crippen LogP contribution >= 0.6 is 11.3 Å². The molecule has 24 heavy (non-hydrogen) atoms. The van der Waals surface area contributed by atoms with Gasteiger partial charge < -0.3 is 4.98 Å². The van der Waals surface area contributed by atoms with Crippen LogP contribution in [0.2, 0.25) is 0 Å². The standard InChI is InChI=1S/C17H19N3O2S2/c21-24(22,17-6-3-11-23-17)20-9-7-19(8-10-20)13-14-12-18-16-5-2-1-4-15(14)16/h1-6,11-12,18H,7-10,13H2. The molecule has 7 heteroatoms. The lowest BCUT2D eigenvalue weighted by Crippen LogP contribution is -2.48. The smallest absolute Gasteiger partial charge is 0.252 e. The molecule has 0 saturated carbocycles. The average molecular weight is 361 g/mol. The minimum absolute atomic E-state index is 0.438. The highest BCUT2D eigenvalue weighted by molar-refractivity contribution is 7.91. The highest BCUT2D eigenvalue weighted by Gasteiger charge is 2.29. The van der Waals surface area contributed by atoms with Crippen molar-refractivity contribution < 1.29 is 8.42 Å². The first kappa shape index (κ1) is 15.8. The van der Waals surface area contributed by atoms with Crippen LogP contribution in [0.3, 0.4) is 0 Å². The summed E-state index contributed by atoms with van der Waals surface area (Å²) in [4.78, 5) is 5.61. The highest BCUT2D eigenvalue weighted by Crippen LogP contribution is 2.23. The van der Waals surface area contributed by atoms with E-state index in [0.29, 0.717) is 17.3 Å². The molecule has 1 N–H and O–H groups in total. The maximum atomic E-state index is 12.6. The lowest BCUT2D eigenvalue weighted by molar-refractivity contribution is 0.182. The Bertz CT molecular complexity index is 924. The summed E-state index contributed by atoms with van der Waals surface area (Å²) >= 11 is 1.28. The van der Waals surface area contributed by atoms with Crippen molar-refractivity contribution in [3.8, 4) is 0 Å². The van der Waals surface area contributed by atoms with Gasteiger partial charge in [0, 0.05) is 49.8 Å². The summed E-state index contributed by atoms with van der Waals surface area (Å²) in [6.45, 7) is 3.44. The fourth-order valence-electron chi connectivity index (χ4n) is 3.17. The Hall–Kier alpha value is -1.67. The molecule has 5 nitrogen and oxygen atoms in total. The molecule has 126 valence electrons. The average Bonchev–Trinajstić information content (AvgIpc) is 3.26. The Balaban J connectivity index is 1.43. The third-order valence-electron chi connectivity index (χ3n) is 4.49. The van der Waals surface area contributed by atoms with Gasteiger partial charge >= 0.3 is 0 Å². The molecule has 0 radical (unpaired) electrons. The van der Waals surface area contributed by atoms with Crippen LogP contribution in [-0.2, 0) is 16.6 Å². The number of nitrogens with zero attached hydrogens (tertiary/aromatic N) is 2. The van der Waals surface area contributed by atoms with Crippen LogP contribution in [-0.4, -0.2) is 48.8 Å². The van der Waals surface area contributed by atoms with E-state index < -0.39 is 10.0 Å². The van der Waals surface area contributed by atoms with E-state index in [2.05, 4.69) is 28.2 Å². The van der Waals surface area contributed by atoms with Crippen LogP contribution in [0.4, 0.5) is 0 Å². The summed E-state index contributed by atoms with van der Waals surface area (Å²) in [5.74, 6) is 0. The zero-order chi connectivity index (χ0) is 16.6. The Morgan fingerprint density at radius 3 is 2.58 bits per heavy atom. The molecule has 3 aromatic rings. The molecule has 1 saturated heterocycles. The van der Waals surface area contributed by atoms with Gasteiger partial charge in [0.2, 0.25) is 0 Å². The summed E-state index contributed by atoms with van der Waals surface area (Å²) in [6.07, 6.45) is 2.05. The lowest BCUT2D eigenvalue weighted by Gasteiger charge is -2.33. The Labute approximate surface area is 145 Å². The number of para-hydroxylation sites is 1. The van der Waals surface area contributed by atoms with Crippen molar-refractivity contribution in [2.24, 2.45) is 0 Å². The Morgan fingerprint density at radius 2 is 1.83 bits per heavy atom. The van der Waals surface area contributed by atoms with Crippen molar-refractivity contribution in [2.45, 2.75) is 10.8 Å². The molecule has 0 spiro atoms. The number of fused-ring (bicyclic) bond motifs is 1. The maximum absolute atomic E-state index is 12.6. The lowest BCUT2D eigenvalue weighted by atomic mass is 10.1. The van der Waals surface area contributed by atoms with Crippen LogP contribution in [0, 0.1) is 0 Å². The molecule has 0 atom stereocenters. The quantitative estimate of drug-likeness (QED) is 0.777. The summed E-state index contributed by atoms with van der Waals surface area (Å²) in [6, 6.07) is 11.7. The number of benzene rings is 1. The number of thiophene rings is 1. The minimum atomic E-state index is -3.32. The molecule has 3 heterocycles. The van der Waals surface area contributed by atoms with Gasteiger partial charge in [-0.15, -0.1) is 11.3 Å². The molecule has 0 amide bonds. The fourth-order valence-corrected chi connectivity index (χ4v) is 5.74. The second-order valence-electron chi connectivity index (χ2n) is 5.97. The number of rotatable bonds is 4. The number of aromatic amines is 1. The first-order valence-corrected chi connectivity index (χ1v) is 10.3. The summed E-state index contributed by atoms with van der Waals surface area (Å²) in [5.41, 5.74) is 2.41. The monoisotopic (exact) mass is 361 g/mol. The van der Waals surface area contributed by atoms with E-state index in [0.717, 1.165) is 25.2 Å². The number of sulfonamides is 1. The molecular weight excluding hydrogens is 342 g/mol. The SMILES string of the molecule is O=S(=O)(c1cccs1)N1CCN(Cc2c[nH]c3ccccc23)CC1. The largest absolute Gasteiger partial charge is 0.361 e. The van der Waals surface area contributed by atoms with Gasteiger partial charge in [-0.25, -0.2) is 8.42 Å². The second-order valence-corrected chi connectivity index (χ2v) is 9.08. The summed E-state index contributed by atoms with van der Waals surface area (Å²) in [5, 5.41) is 3.05. The van der Waals surface area contributed by atoms with Crippen LogP contribution in [0.25, 0.3) is 10.9 Å². The van der Waals surface area contributed by atoms with Crippen LogP contribution in [0.1, 0.15) is 5.56 Å². The number of H-pyrrole nitrogens is 1. The number of hydrogen-bond acceptors (Lipinski definition) is 4. The molecule has 1 aliphatic heterocycles. The Kier molecular flexibility index (Phi) is 4.17. The van der Waals surface area contributed by atoms with E-state index in [1.807, 2.05) is 12.1 Å². The molecule has 1 aliphatic rings. The van der Waals surface area contributed by atoms with E-state index in [-0.39, 0.29) is 0 Å². The van der Waals surface area contributed by atoms with Crippen molar-refractivity contribution in [3.05, 3.63) is 53.5 Å². The van der Waals surface area contributed by atoms with E-state index in [4.69, 9.17) is 0 Å². The zero-order valence-electron chi connectivity index (χ0n) is 13.2. The summed E-state index contributed by atoms with van der Waals surface area (Å²) < 4.78 is 27.2.